The van der Waals surface area contributed by atoms with Crippen molar-refractivity contribution in [2.45, 2.75) is 32.1 Å². The minimum Gasteiger partial charge on any atom is -0.497 e. The smallest absolute Gasteiger partial charge is 0.319 e. The number of hydrogen-bond acceptors (Lipinski definition) is 5. The zero-order valence-electron chi connectivity index (χ0n) is 17.8. The van der Waals surface area contributed by atoms with Gasteiger partial charge < -0.3 is 20.1 Å². The monoisotopic (exact) mass is 550 g/mol. The summed E-state index contributed by atoms with van der Waals surface area (Å²) in [6.45, 7) is 0.106. The summed E-state index contributed by atoms with van der Waals surface area (Å²) in [6, 6.07) is 6.08. The first kappa shape index (κ1) is 25.1. The fourth-order valence-corrected chi connectivity index (χ4v) is 3.52. The zero-order chi connectivity index (χ0) is 21.5. The van der Waals surface area contributed by atoms with E-state index in [-0.39, 0.29) is 42.4 Å². The van der Waals surface area contributed by atoms with Crippen molar-refractivity contribution in [1.82, 2.24) is 25.1 Å². The Morgan fingerprint density at radius 3 is 2.58 bits per heavy atom. The molecule has 0 radical (unpaired) electrons. The minimum atomic E-state index is -2.61. The summed E-state index contributed by atoms with van der Waals surface area (Å²) in [6.07, 6.45) is 3.58. The average Bonchev–Trinajstić information content (AvgIpc) is 3.40. The van der Waals surface area contributed by atoms with Gasteiger partial charge in [0.1, 0.15) is 17.3 Å². The molecule has 2 aromatic rings. The minimum absolute atomic E-state index is 0. The van der Waals surface area contributed by atoms with E-state index in [0.29, 0.717) is 5.96 Å². The molecule has 8 nitrogen and oxygen atoms in total. The third-order valence-electron chi connectivity index (χ3n) is 5.03. The molecule has 1 fully saturated rings. The predicted octanol–water partition coefficient (Wildman–Crippen LogP) is 2.85. The van der Waals surface area contributed by atoms with Crippen LogP contribution in [-0.2, 0) is 13.1 Å². The quantitative estimate of drug-likeness (QED) is 0.299. The molecule has 1 aliphatic rings. The van der Waals surface area contributed by atoms with Gasteiger partial charge in [-0.2, -0.15) is 8.78 Å². The van der Waals surface area contributed by atoms with Crippen LogP contribution >= 0.6 is 24.0 Å². The number of hydrogen-bond donors (Lipinski definition) is 2. The van der Waals surface area contributed by atoms with Gasteiger partial charge in [0.15, 0.2) is 5.96 Å². The second-order valence-corrected chi connectivity index (χ2v) is 7.04. The molecule has 1 aromatic carbocycles. The number of imidazole rings is 1. The van der Waals surface area contributed by atoms with E-state index in [1.54, 1.807) is 21.3 Å². The van der Waals surface area contributed by atoms with Crippen LogP contribution in [0.4, 0.5) is 8.78 Å². The van der Waals surface area contributed by atoms with Gasteiger partial charge in [0.2, 0.25) is 0 Å². The molecule has 1 aliphatic heterocycles. The molecule has 1 aromatic heterocycles. The Hall–Kier alpha value is -2.15. The number of nitrogens with zero attached hydrogens (tertiary/aromatic N) is 4. The number of alkyl halides is 2. The van der Waals surface area contributed by atoms with Crippen molar-refractivity contribution >= 4 is 29.9 Å². The van der Waals surface area contributed by atoms with Crippen molar-refractivity contribution in [1.29, 1.82) is 0 Å². The third-order valence-corrected chi connectivity index (χ3v) is 5.03. The van der Waals surface area contributed by atoms with Gasteiger partial charge in [-0.1, -0.05) is 0 Å². The van der Waals surface area contributed by atoms with Crippen LogP contribution in [0.2, 0.25) is 0 Å². The second-order valence-electron chi connectivity index (χ2n) is 7.04. The van der Waals surface area contributed by atoms with Gasteiger partial charge in [-0.05, 0) is 24.1 Å². The Morgan fingerprint density at radius 2 is 1.97 bits per heavy atom. The SMILES string of the molecule is CN=C(NCc1nccn1C(F)F)NC1CCN(Cc2cc(OC)cc(OC)c2)C1.I. The van der Waals surface area contributed by atoms with Crippen LogP contribution in [0.15, 0.2) is 35.6 Å². The largest absolute Gasteiger partial charge is 0.497 e. The average molecular weight is 550 g/mol. The molecular weight excluding hydrogens is 521 g/mol. The molecular formula is C20H29F2IN6O2. The number of aromatic nitrogens is 2. The normalized spacial score (nSPS) is 16.8. The molecule has 172 valence electrons. The van der Waals surface area contributed by atoms with Gasteiger partial charge in [-0.25, -0.2) is 4.98 Å². The van der Waals surface area contributed by atoms with Crippen LogP contribution in [0.5, 0.6) is 11.5 Å². The number of nitrogens with one attached hydrogen (secondary N) is 2. The van der Waals surface area contributed by atoms with Gasteiger partial charge in [0, 0.05) is 51.2 Å². The molecule has 1 atom stereocenters. The molecule has 11 heteroatoms. The number of halogens is 3. The van der Waals surface area contributed by atoms with Crippen molar-refractivity contribution in [2.24, 2.45) is 4.99 Å². The summed E-state index contributed by atoms with van der Waals surface area (Å²) in [7, 11) is 4.94. The summed E-state index contributed by atoms with van der Waals surface area (Å²) >= 11 is 0. The lowest BCUT2D eigenvalue weighted by atomic mass is 10.2. The van der Waals surface area contributed by atoms with Crippen LogP contribution in [0.3, 0.4) is 0 Å². The lowest BCUT2D eigenvalue weighted by molar-refractivity contribution is 0.0668. The summed E-state index contributed by atoms with van der Waals surface area (Å²) in [5.74, 6) is 2.36. The molecule has 0 bridgehead atoms. The number of rotatable bonds is 8. The van der Waals surface area contributed by atoms with E-state index in [9.17, 15) is 8.78 Å². The summed E-state index contributed by atoms with van der Waals surface area (Å²) < 4.78 is 37.4. The van der Waals surface area contributed by atoms with E-state index in [2.05, 4.69) is 25.5 Å². The maximum absolute atomic E-state index is 12.9. The highest BCUT2D eigenvalue weighted by Gasteiger charge is 2.23. The number of aliphatic imine (C=N–C) groups is 1. The fourth-order valence-electron chi connectivity index (χ4n) is 3.52. The summed E-state index contributed by atoms with van der Waals surface area (Å²) in [4.78, 5) is 10.5. The van der Waals surface area contributed by atoms with Gasteiger partial charge in [-0.15, -0.1) is 24.0 Å². The van der Waals surface area contributed by atoms with Crippen LogP contribution in [0.25, 0.3) is 0 Å². The molecule has 2 N–H and O–H groups in total. The highest BCUT2D eigenvalue weighted by Crippen LogP contribution is 2.24. The molecule has 0 spiro atoms. The Morgan fingerprint density at radius 1 is 1.26 bits per heavy atom. The Kier molecular flexibility index (Phi) is 9.75. The summed E-state index contributed by atoms with van der Waals surface area (Å²) in [5, 5.41) is 6.42. The van der Waals surface area contributed by atoms with Crippen molar-refractivity contribution in [3.05, 3.63) is 42.0 Å². The van der Waals surface area contributed by atoms with Gasteiger partial charge in [0.05, 0.1) is 20.8 Å². The van der Waals surface area contributed by atoms with Crippen molar-refractivity contribution in [2.75, 3.05) is 34.4 Å². The Labute approximate surface area is 198 Å². The van der Waals surface area contributed by atoms with E-state index < -0.39 is 6.55 Å². The topological polar surface area (TPSA) is 75.9 Å². The number of methoxy groups -OCH3 is 2. The standard InChI is InChI=1S/C20H28F2N6O2.HI/c1-23-20(25-11-18-24-5-7-28(18)19(21)22)26-15-4-6-27(13-15)12-14-8-16(29-2)10-17(9-14)30-3;/h5,7-10,15,19H,4,6,11-13H2,1-3H3,(H2,23,25,26);1H. The fraction of sp³-hybridized carbons (Fsp3) is 0.500. The van der Waals surface area contributed by atoms with Crippen molar-refractivity contribution in [3.63, 3.8) is 0 Å². The van der Waals surface area contributed by atoms with Crippen LogP contribution in [-0.4, -0.2) is 60.8 Å². The van der Waals surface area contributed by atoms with Gasteiger partial charge in [0.25, 0.3) is 0 Å². The maximum Gasteiger partial charge on any atom is 0.319 e. The molecule has 0 aliphatic carbocycles. The molecule has 3 rings (SSSR count). The number of guanidine groups is 1. The maximum atomic E-state index is 12.9. The molecule has 0 saturated carbocycles. The highest BCUT2D eigenvalue weighted by molar-refractivity contribution is 14.0. The molecule has 1 unspecified atom stereocenters. The van der Waals surface area contributed by atoms with Crippen molar-refractivity contribution < 1.29 is 18.3 Å². The Balaban J connectivity index is 0.00000341. The van der Waals surface area contributed by atoms with Gasteiger partial charge in [-0.3, -0.25) is 14.5 Å². The van der Waals surface area contributed by atoms with E-state index in [1.807, 2.05) is 18.2 Å². The molecule has 31 heavy (non-hydrogen) atoms. The third kappa shape index (κ3) is 6.92. The first-order chi connectivity index (χ1) is 14.5. The zero-order valence-corrected chi connectivity index (χ0v) is 20.2. The van der Waals surface area contributed by atoms with E-state index in [4.69, 9.17) is 9.47 Å². The molecule has 1 saturated heterocycles. The Bertz CT molecular complexity index is 842. The van der Waals surface area contributed by atoms with Crippen LogP contribution < -0.4 is 20.1 Å². The molecule has 2 heterocycles. The highest BCUT2D eigenvalue weighted by atomic mass is 127. The number of likely N-dealkylation sites (tertiary alicyclic amines) is 1. The van der Waals surface area contributed by atoms with Crippen molar-refractivity contribution in [3.8, 4) is 11.5 Å². The van der Waals surface area contributed by atoms with E-state index >= 15 is 0 Å². The second kappa shape index (κ2) is 12.0. The summed E-state index contributed by atoms with van der Waals surface area (Å²) in [5.41, 5.74) is 1.12. The predicted molar refractivity (Wildman–Crippen MR) is 125 cm³/mol. The van der Waals surface area contributed by atoms with E-state index in [1.165, 1.54) is 12.4 Å². The lowest BCUT2D eigenvalue weighted by Gasteiger charge is -2.19. The van der Waals surface area contributed by atoms with Crippen LogP contribution in [0, 0.1) is 0 Å². The first-order valence-electron chi connectivity index (χ1n) is 9.73. The van der Waals surface area contributed by atoms with Gasteiger partial charge >= 0.3 is 6.55 Å². The number of ether oxygens (including phenoxy) is 2. The van der Waals surface area contributed by atoms with Crippen LogP contribution in [0.1, 0.15) is 24.4 Å². The lowest BCUT2D eigenvalue weighted by Crippen LogP contribution is -2.44. The molecule has 0 amide bonds. The van der Waals surface area contributed by atoms with E-state index in [0.717, 1.165) is 47.7 Å². The number of benzene rings is 1. The first-order valence-corrected chi connectivity index (χ1v) is 9.73.